The number of hydrogen-bond donors (Lipinski definition) is 0. The molecule has 3 nitrogen and oxygen atoms in total. The molecule has 0 aliphatic heterocycles. The van der Waals surface area contributed by atoms with Crippen LogP contribution in [-0.4, -0.2) is 15.6 Å². The van der Waals surface area contributed by atoms with Crippen molar-refractivity contribution in [3.8, 4) is 0 Å². The van der Waals surface area contributed by atoms with Gasteiger partial charge in [-0.05, 0) is 18.6 Å². The number of hydrogen-bond acceptors (Lipinski definition) is 2. The SMILES string of the molecule is CC(/C=C\C(=O)c1cnn(C)c1)=C/c1ccccc1. The fraction of sp³-hybridized carbons (Fsp3) is 0.125. The maximum absolute atomic E-state index is 11.8. The monoisotopic (exact) mass is 252 g/mol. The summed E-state index contributed by atoms with van der Waals surface area (Å²) in [4.78, 5) is 11.8. The normalized spacial score (nSPS) is 12.0. The molecule has 1 heterocycles. The van der Waals surface area contributed by atoms with Crippen molar-refractivity contribution in [1.29, 1.82) is 0 Å². The first-order valence-corrected chi connectivity index (χ1v) is 6.09. The van der Waals surface area contributed by atoms with Gasteiger partial charge in [-0.1, -0.05) is 48.1 Å². The average molecular weight is 252 g/mol. The smallest absolute Gasteiger partial charge is 0.188 e. The molecule has 0 spiro atoms. The van der Waals surface area contributed by atoms with Crippen molar-refractivity contribution < 1.29 is 4.79 Å². The van der Waals surface area contributed by atoms with E-state index in [1.807, 2.05) is 49.4 Å². The van der Waals surface area contributed by atoms with Crippen LogP contribution in [0.15, 0.2) is 60.5 Å². The number of carbonyl (C=O) groups excluding carboxylic acids is 1. The Kier molecular flexibility index (Phi) is 4.08. The lowest BCUT2D eigenvalue weighted by molar-refractivity contribution is 0.104. The van der Waals surface area contributed by atoms with Crippen LogP contribution in [0.4, 0.5) is 0 Å². The highest BCUT2D eigenvalue weighted by Gasteiger charge is 2.03. The zero-order valence-corrected chi connectivity index (χ0v) is 11.1. The van der Waals surface area contributed by atoms with Gasteiger partial charge in [0, 0.05) is 13.2 Å². The van der Waals surface area contributed by atoms with Gasteiger partial charge in [-0.2, -0.15) is 5.10 Å². The highest BCUT2D eigenvalue weighted by Crippen LogP contribution is 2.08. The molecule has 1 aromatic carbocycles. The molecular weight excluding hydrogens is 236 g/mol. The molecule has 0 aliphatic carbocycles. The summed E-state index contributed by atoms with van der Waals surface area (Å²) in [6, 6.07) is 10.0. The molecule has 0 saturated heterocycles. The van der Waals surface area contributed by atoms with Gasteiger partial charge in [0.15, 0.2) is 5.78 Å². The molecule has 0 radical (unpaired) electrons. The third-order valence-electron chi connectivity index (χ3n) is 2.68. The number of allylic oxidation sites excluding steroid dienone is 3. The second-order valence-electron chi connectivity index (χ2n) is 4.40. The summed E-state index contributed by atoms with van der Waals surface area (Å²) in [5.41, 5.74) is 2.76. The summed E-state index contributed by atoms with van der Waals surface area (Å²) >= 11 is 0. The molecule has 0 aliphatic rings. The number of benzene rings is 1. The first-order valence-electron chi connectivity index (χ1n) is 6.09. The molecule has 96 valence electrons. The lowest BCUT2D eigenvalue weighted by Crippen LogP contribution is -1.92. The number of nitrogens with zero attached hydrogens (tertiary/aromatic N) is 2. The largest absolute Gasteiger partial charge is 0.289 e. The number of rotatable bonds is 4. The summed E-state index contributed by atoms with van der Waals surface area (Å²) in [5, 5.41) is 3.98. The Morgan fingerprint density at radius 3 is 2.58 bits per heavy atom. The molecule has 0 N–H and O–H groups in total. The molecule has 19 heavy (non-hydrogen) atoms. The lowest BCUT2D eigenvalue weighted by atomic mass is 10.1. The van der Waals surface area contributed by atoms with Gasteiger partial charge in [-0.15, -0.1) is 0 Å². The Morgan fingerprint density at radius 2 is 1.95 bits per heavy atom. The first kappa shape index (κ1) is 13.0. The highest BCUT2D eigenvalue weighted by atomic mass is 16.1. The maximum atomic E-state index is 11.8. The van der Waals surface area contributed by atoms with Crippen molar-refractivity contribution in [2.75, 3.05) is 0 Å². The van der Waals surface area contributed by atoms with E-state index in [0.29, 0.717) is 5.56 Å². The van der Waals surface area contributed by atoms with E-state index in [1.165, 1.54) is 0 Å². The van der Waals surface area contributed by atoms with Crippen LogP contribution in [0.2, 0.25) is 0 Å². The number of aromatic nitrogens is 2. The first-order chi connectivity index (χ1) is 9.15. The molecule has 0 bridgehead atoms. The van der Waals surface area contributed by atoms with Crippen molar-refractivity contribution in [3.63, 3.8) is 0 Å². The van der Waals surface area contributed by atoms with Crippen molar-refractivity contribution in [2.24, 2.45) is 7.05 Å². The van der Waals surface area contributed by atoms with E-state index in [4.69, 9.17) is 0 Å². The van der Waals surface area contributed by atoms with Crippen LogP contribution in [0.5, 0.6) is 0 Å². The molecular formula is C16H16N2O. The minimum atomic E-state index is -0.0334. The van der Waals surface area contributed by atoms with Gasteiger partial charge < -0.3 is 0 Å². The van der Waals surface area contributed by atoms with E-state index in [-0.39, 0.29) is 5.78 Å². The molecule has 2 aromatic rings. The van der Waals surface area contributed by atoms with Crippen LogP contribution in [0.1, 0.15) is 22.8 Å². The van der Waals surface area contributed by atoms with Gasteiger partial charge >= 0.3 is 0 Å². The second kappa shape index (κ2) is 5.96. The van der Waals surface area contributed by atoms with E-state index in [1.54, 1.807) is 30.2 Å². The molecule has 2 rings (SSSR count). The summed E-state index contributed by atoms with van der Waals surface area (Å²) < 4.78 is 1.62. The lowest BCUT2D eigenvalue weighted by Gasteiger charge is -1.94. The summed E-state index contributed by atoms with van der Waals surface area (Å²) in [5.74, 6) is -0.0334. The van der Waals surface area contributed by atoms with Crippen LogP contribution in [0.3, 0.4) is 0 Å². The van der Waals surface area contributed by atoms with E-state index in [0.717, 1.165) is 11.1 Å². The van der Waals surface area contributed by atoms with Crippen molar-refractivity contribution in [2.45, 2.75) is 6.92 Å². The van der Waals surface area contributed by atoms with Crippen molar-refractivity contribution >= 4 is 11.9 Å². The number of carbonyl (C=O) groups is 1. The van der Waals surface area contributed by atoms with Gasteiger partial charge in [0.2, 0.25) is 0 Å². The Hall–Kier alpha value is -2.42. The van der Waals surface area contributed by atoms with E-state index < -0.39 is 0 Å². The Balaban J connectivity index is 2.06. The predicted molar refractivity (Wildman–Crippen MR) is 76.8 cm³/mol. The van der Waals surface area contributed by atoms with Gasteiger partial charge in [0.1, 0.15) is 0 Å². The van der Waals surface area contributed by atoms with Crippen molar-refractivity contribution in [1.82, 2.24) is 9.78 Å². The van der Waals surface area contributed by atoms with E-state index in [2.05, 4.69) is 5.10 Å². The van der Waals surface area contributed by atoms with Gasteiger partial charge in [-0.25, -0.2) is 0 Å². The fourth-order valence-electron chi connectivity index (χ4n) is 1.71. The molecule has 0 saturated carbocycles. The fourth-order valence-corrected chi connectivity index (χ4v) is 1.71. The van der Waals surface area contributed by atoms with Gasteiger partial charge in [-0.3, -0.25) is 9.48 Å². The summed E-state index contributed by atoms with van der Waals surface area (Å²) in [6.07, 6.45) is 8.72. The molecule has 0 unspecified atom stereocenters. The third-order valence-corrected chi connectivity index (χ3v) is 2.68. The van der Waals surface area contributed by atoms with Crippen molar-refractivity contribution in [3.05, 3.63) is 71.6 Å². The van der Waals surface area contributed by atoms with Gasteiger partial charge in [0.25, 0.3) is 0 Å². The zero-order chi connectivity index (χ0) is 13.7. The third kappa shape index (κ3) is 3.78. The molecule has 0 atom stereocenters. The topological polar surface area (TPSA) is 34.9 Å². The van der Waals surface area contributed by atoms with Crippen LogP contribution < -0.4 is 0 Å². The second-order valence-corrected chi connectivity index (χ2v) is 4.40. The minimum absolute atomic E-state index is 0.0334. The maximum Gasteiger partial charge on any atom is 0.188 e. The van der Waals surface area contributed by atoms with E-state index >= 15 is 0 Å². The molecule has 0 amide bonds. The number of aryl methyl sites for hydroxylation is 1. The Morgan fingerprint density at radius 1 is 1.21 bits per heavy atom. The molecule has 0 fully saturated rings. The Labute approximate surface area is 112 Å². The number of ketones is 1. The van der Waals surface area contributed by atoms with Crippen LogP contribution in [0.25, 0.3) is 6.08 Å². The summed E-state index contributed by atoms with van der Waals surface area (Å²) in [6.45, 7) is 1.97. The average Bonchev–Trinajstić information content (AvgIpc) is 2.84. The highest BCUT2D eigenvalue weighted by molar-refractivity contribution is 6.04. The van der Waals surface area contributed by atoms with Gasteiger partial charge in [0.05, 0.1) is 11.8 Å². The molecule has 3 heteroatoms. The zero-order valence-electron chi connectivity index (χ0n) is 11.1. The predicted octanol–water partition coefficient (Wildman–Crippen LogP) is 3.26. The van der Waals surface area contributed by atoms with E-state index in [9.17, 15) is 4.79 Å². The molecule has 1 aromatic heterocycles. The van der Waals surface area contributed by atoms with Crippen LogP contribution in [0, 0.1) is 0 Å². The van der Waals surface area contributed by atoms with Crippen LogP contribution in [-0.2, 0) is 7.05 Å². The standard InChI is InChI=1S/C16H16N2O/c1-13(10-14-6-4-3-5-7-14)8-9-16(19)15-11-17-18(2)12-15/h3-12H,1-2H3/b9-8-,13-10-. The Bertz CT molecular complexity index is 621. The quantitative estimate of drug-likeness (QED) is 0.475. The summed E-state index contributed by atoms with van der Waals surface area (Å²) in [7, 11) is 1.79. The minimum Gasteiger partial charge on any atom is -0.289 e. The van der Waals surface area contributed by atoms with Crippen LogP contribution >= 0.6 is 0 Å².